The van der Waals surface area contributed by atoms with Crippen molar-refractivity contribution in [3.05, 3.63) is 108 Å². The van der Waals surface area contributed by atoms with Gasteiger partial charge in [0.2, 0.25) is 0 Å². The monoisotopic (exact) mass is 369 g/mol. The molecule has 1 atom stereocenters. The first-order valence-electron chi connectivity index (χ1n) is 8.94. The quantitative estimate of drug-likeness (QED) is 0.584. The van der Waals surface area contributed by atoms with Crippen LogP contribution in [0.5, 0.6) is 0 Å². The molecule has 138 valence electrons. The summed E-state index contributed by atoms with van der Waals surface area (Å²) in [4.78, 5) is 17.2. The number of pyridine rings is 1. The highest BCUT2D eigenvalue weighted by Crippen LogP contribution is 2.25. The Hall–Kier alpha value is -3.80. The van der Waals surface area contributed by atoms with E-state index in [4.69, 9.17) is 0 Å². The number of nitrogens with zero attached hydrogens (tertiary/aromatic N) is 4. The molecule has 0 aliphatic rings. The molecule has 0 bridgehead atoms. The summed E-state index contributed by atoms with van der Waals surface area (Å²) in [6.45, 7) is 2.04. The molecule has 0 aliphatic heterocycles. The summed E-state index contributed by atoms with van der Waals surface area (Å²) in [5.74, 6) is -0.153. The van der Waals surface area contributed by atoms with Gasteiger partial charge >= 0.3 is 0 Å². The van der Waals surface area contributed by atoms with Crippen LogP contribution >= 0.6 is 0 Å². The maximum absolute atomic E-state index is 13.1. The highest BCUT2D eigenvalue weighted by Gasteiger charge is 2.19. The van der Waals surface area contributed by atoms with E-state index < -0.39 is 0 Å². The van der Waals surface area contributed by atoms with Crippen LogP contribution < -0.4 is 5.32 Å². The van der Waals surface area contributed by atoms with Crippen LogP contribution in [0.2, 0.25) is 0 Å². The van der Waals surface area contributed by atoms with Gasteiger partial charge in [-0.2, -0.15) is 0 Å². The zero-order valence-corrected chi connectivity index (χ0v) is 15.4. The Morgan fingerprint density at radius 2 is 1.71 bits per heavy atom. The first-order valence-corrected chi connectivity index (χ1v) is 8.94. The van der Waals surface area contributed by atoms with Crippen LogP contribution in [0.15, 0.2) is 85.7 Å². The van der Waals surface area contributed by atoms with E-state index in [-0.39, 0.29) is 11.9 Å². The van der Waals surface area contributed by atoms with Gasteiger partial charge in [-0.25, -0.2) is 0 Å². The second-order valence-corrected chi connectivity index (χ2v) is 6.46. The van der Waals surface area contributed by atoms with Crippen molar-refractivity contribution in [2.45, 2.75) is 13.0 Å². The van der Waals surface area contributed by atoms with Crippen molar-refractivity contribution in [1.82, 2.24) is 25.1 Å². The number of benzene rings is 2. The van der Waals surface area contributed by atoms with Gasteiger partial charge < -0.3 is 5.32 Å². The molecule has 28 heavy (non-hydrogen) atoms. The van der Waals surface area contributed by atoms with Gasteiger partial charge in [0.15, 0.2) is 0 Å². The van der Waals surface area contributed by atoms with Crippen molar-refractivity contribution < 1.29 is 4.79 Å². The van der Waals surface area contributed by atoms with Crippen LogP contribution in [0.4, 0.5) is 0 Å². The molecule has 0 fully saturated rings. The number of nitrogens with one attached hydrogen (secondary N) is 1. The van der Waals surface area contributed by atoms with Crippen LogP contribution in [-0.2, 0) is 0 Å². The highest BCUT2D eigenvalue weighted by molar-refractivity contribution is 5.95. The van der Waals surface area contributed by atoms with Crippen LogP contribution in [-0.4, -0.2) is 25.7 Å². The molecule has 0 radical (unpaired) electrons. The maximum Gasteiger partial charge on any atom is 0.252 e. The van der Waals surface area contributed by atoms with Crippen LogP contribution in [0.25, 0.3) is 5.69 Å². The van der Waals surface area contributed by atoms with E-state index in [9.17, 15) is 4.79 Å². The fourth-order valence-corrected chi connectivity index (χ4v) is 3.16. The predicted molar refractivity (Wildman–Crippen MR) is 106 cm³/mol. The molecule has 2 aromatic carbocycles. The standard InChI is InChI=1S/C22H19N5O/c1-16-5-2-3-8-20(16)21(17-9-11-23-12-10-17)26-22(28)18-6-4-7-19(13-18)27-14-24-25-15-27/h2-15,21H,1H3,(H,26,28)/t21-/m0/s1. The number of aryl methyl sites for hydroxylation is 1. The van der Waals surface area contributed by atoms with Crippen LogP contribution in [0.3, 0.4) is 0 Å². The molecular formula is C22H19N5O. The molecule has 4 aromatic rings. The van der Waals surface area contributed by atoms with Crippen LogP contribution in [0, 0.1) is 6.92 Å². The molecule has 1 amide bonds. The molecule has 4 rings (SSSR count). The zero-order chi connectivity index (χ0) is 19.3. The Kier molecular flexibility index (Phi) is 4.93. The minimum atomic E-state index is -0.268. The first-order chi connectivity index (χ1) is 13.7. The number of amides is 1. The minimum Gasteiger partial charge on any atom is -0.341 e. The number of hydrogen-bond acceptors (Lipinski definition) is 4. The van der Waals surface area contributed by atoms with E-state index in [1.807, 2.05) is 61.5 Å². The summed E-state index contributed by atoms with van der Waals surface area (Å²) in [6.07, 6.45) is 6.67. The van der Waals surface area contributed by atoms with E-state index >= 15 is 0 Å². The predicted octanol–water partition coefficient (Wildman–Crippen LogP) is 3.49. The Bertz CT molecular complexity index is 1080. The summed E-state index contributed by atoms with van der Waals surface area (Å²) in [6, 6.07) is 19.0. The van der Waals surface area contributed by atoms with Gasteiger partial charge in [-0.15, -0.1) is 10.2 Å². The molecule has 1 N–H and O–H groups in total. The Morgan fingerprint density at radius 3 is 2.46 bits per heavy atom. The van der Waals surface area contributed by atoms with Crippen molar-refractivity contribution in [3.8, 4) is 5.69 Å². The fourth-order valence-electron chi connectivity index (χ4n) is 3.16. The number of hydrogen-bond donors (Lipinski definition) is 1. The van der Waals surface area contributed by atoms with Gasteiger partial charge in [0, 0.05) is 23.6 Å². The summed E-state index contributed by atoms with van der Waals surface area (Å²) >= 11 is 0. The van der Waals surface area contributed by atoms with E-state index in [2.05, 4.69) is 20.5 Å². The van der Waals surface area contributed by atoms with Crippen molar-refractivity contribution in [2.75, 3.05) is 0 Å². The molecule has 0 saturated heterocycles. The Labute approximate surface area is 162 Å². The lowest BCUT2D eigenvalue weighted by Gasteiger charge is -2.21. The van der Waals surface area contributed by atoms with Gasteiger partial charge in [-0.3, -0.25) is 14.3 Å². The molecule has 2 aromatic heterocycles. The van der Waals surface area contributed by atoms with Gasteiger partial charge in [-0.1, -0.05) is 30.3 Å². The average Bonchev–Trinajstić information content (AvgIpc) is 3.28. The third kappa shape index (κ3) is 3.66. The molecule has 2 heterocycles. The molecule has 6 heteroatoms. The van der Waals surface area contributed by atoms with Gasteiger partial charge in [0.25, 0.3) is 5.91 Å². The third-order valence-electron chi connectivity index (χ3n) is 4.64. The van der Waals surface area contributed by atoms with Crippen molar-refractivity contribution in [3.63, 3.8) is 0 Å². The average molecular weight is 369 g/mol. The molecular weight excluding hydrogens is 350 g/mol. The molecule has 0 spiro atoms. The third-order valence-corrected chi connectivity index (χ3v) is 4.64. The van der Waals surface area contributed by atoms with Crippen molar-refractivity contribution in [1.29, 1.82) is 0 Å². The second kappa shape index (κ2) is 7.84. The Morgan fingerprint density at radius 1 is 0.964 bits per heavy atom. The molecule has 0 unspecified atom stereocenters. The SMILES string of the molecule is Cc1ccccc1[C@@H](NC(=O)c1cccc(-n2cnnc2)c1)c1ccncc1. The highest BCUT2D eigenvalue weighted by atomic mass is 16.1. The van der Waals surface area contributed by atoms with E-state index in [1.54, 1.807) is 35.7 Å². The lowest BCUT2D eigenvalue weighted by atomic mass is 9.95. The van der Waals surface area contributed by atoms with E-state index in [0.717, 1.165) is 22.4 Å². The van der Waals surface area contributed by atoms with Crippen molar-refractivity contribution >= 4 is 5.91 Å². The molecule has 0 aliphatic carbocycles. The number of carbonyl (C=O) groups is 1. The fraction of sp³-hybridized carbons (Fsp3) is 0.0909. The number of carbonyl (C=O) groups excluding carboxylic acids is 1. The topological polar surface area (TPSA) is 72.7 Å². The summed E-state index contributed by atoms with van der Waals surface area (Å²) in [5.41, 5.74) is 4.54. The lowest BCUT2D eigenvalue weighted by Crippen LogP contribution is -2.30. The summed E-state index contributed by atoms with van der Waals surface area (Å²) < 4.78 is 1.76. The second-order valence-electron chi connectivity index (χ2n) is 6.46. The zero-order valence-electron chi connectivity index (χ0n) is 15.4. The molecule has 0 saturated carbocycles. The maximum atomic E-state index is 13.1. The summed E-state index contributed by atoms with van der Waals surface area (Å²) in [7, 11) is 0. The van der Waals surface area contributed by atoms with Crippen molar-refractivity contribution in [2.24, 2.45) is 0 Å². The Balaban J connectivity index is 1.67. The smallest absolute Gasteiger partial charge is 0.252 e. The number of rotatable bonds is 5. The molecule has 6 nitrogen and oxygen atoms in total. The van der Waals surface area contributed by atoms with Gasteiger partial charge in [-0.05, 0) is 53.9 Å². The van der Waals surface area contributed by atoms with Crippen LogP contribution in [0.1, 0.15) is 33.1 Å². The van der Waals surface area contributed by atoms with Gasteiger partial charge in [0.1, 0.15) is 12.7 Å². The lowest BCUT2D eigenvalue weighted by molar-refractivity contribution is 0.0943. The minimum absolute atomic E-state index is 0.153. The van der Waals surface area contributed by atoms with E-state index in [0.29, 0.717) is 5.56 Å². The van der Waals surface area contributed by atoms with E-state index in [1.165, 1.54) is 0 Å². The largest absolute Gasteiger partial charge is 0.341 e. The number of aromatic nitrogens is 4. The first kappa shape index (κ1) is 17.6. The van der Waals surface area contributed by atoms with Gasteiger partial charge in [0.05, 0.1) is 6.04 Å². The normalized spacial score (nSPS) is 11.8. The summed E-state index contributed by atoms with van der Waals surface area (Å²) in [5, 5.41) is 10.8.